The summed E-state index contributed by atoms with van der Waals surface area (Å²) in [6, 6.07) is 9.32. The lowest BCUT2D eigenvalue weighted by Crippen LogP contribution is -2.87. The Balaban J connectivity index is 2.25. The summed E-state index contributed by atoms with van der Waals surface area (Å²) in [4.78, 5) is 10.1. The predicted molar refractivity (Wildman–Crippen MR) is 52.7 cm³/mol. The van der Waals surface area contributed by atoms with Gasteiger partial charge >= 0.3 is 0 Å². The zero-order chi connectivity index (χ0) is 11.1. The van der Waals surface area contributed by atoms with Crippen molar-refractivity contribution in [3.05, 3.63) is 35.9 Å². The number of aliphatic hydroxyl groups excluding tert-OH is 1. The minimum absolute atomic E-state index is 0.0541. The Kier molecular flexibility index (Phi) is 4.80. The van der Waals surface area contributed by atoms with E-state index in [9.17, 15) is 15.0 Å². The van der Waals surface area contributed by atoms with Gasteiger partial charge in [0.25, 0.3) is 0 Å². The highest BCUT2D eigenvalue weighted by atomic mass is 16.4. The zero-order valence-corrected chi connectivity index (χ0v) is 8.43. The van der Waals surface area contributed by atoms with Gasteiger partial charge in [-0.3, -0.25) is 0 Å². The third-order valence-corrected chi connectivity index (χ3v) is 2.14. The lowest BCUT2D eigenvalue weighted by molar-refractivity contribution is -0.651. The van der Waals surface area contributed by atoms with Gasteiger partial charge in [-0.1, -0.05) is 30.3 Å². The summed E-state index contributed by atoms with van der Waals surface area (Å²) in [6.45, 7) is 0.519. The van der Waals surface area contributed by atoms with Crippen LogP contribution in [0.2, 0.25) is 0 Å². The number of hydrogen-bond acceptors (Lipinski definition) is 3. The molecule has 1 atom stereocenters. The van der Waals surface area contributed by atoms with Crippen LogP contribution in [0, 0.1) is 0 Å². The predicted octanol–water partition coefficient (Wildman–Crippen LogP) is -1.58. The van der Waals surface area contributed by atoms with E-state index in [1.807, 2.05) is 30.3 Å². The summed E-state index contributed by atoms with van der Waals surface area (Å²) in [5.74, 6) is -1.08. The number of carbonyl (C=O) groups excluding carboxylic acids is 1. The highest BCUT2D eigenvalue weighted by molar-refractivity contribution is 5.64. The highest BCUT2D eigenvalue weighted by Gasteiger charge is 2.06. The van der Waals surface area contributed by atoms with E-state index in [4.69, 9.17) is 0 Å². The lowest BCUT2D eigenvalue weighted by atomic mass is 10.1. The molecular weight excluding hydrogens is 194 g/mol. The Morgan fingerprint density at radius 2 is 2.07 bits per heavy atom. The minimum Gasteiger partial charge on any atom is -0.544 e. The Hall–Kier alpha value is -1.39. The normalized spacial score (nSPS) is 12.3. The van der Waals surface area contributed by atoms with Crippen molar-refractivity contribution >= 4 is 5.97 Å². The molecule has 0 fully saturated rings. The standard InChI is InChI=1S/C11H15NO3/c13-10(6-7-12-8-11(14)15)9-4-2-1-3-5-9/h1-5,10,12-13H,6-8H2,(H,14,15)/t10-/m0/s1. The molecule has 15 heavy (non-hydrogen) atoms. The van der Waals surface area contributed by atoms with Gasteiger partial charge in [-0.15, -0.1) is 0 Å². The summed E-state index contributed by atoms with van der Waals surface area (Å²) >= 11 is 0. The largest absolute Gasteiger partial charge is 0.544 e. The number of nitrogens with two attached hydrogens (primary N) is 1. The van der Waals surface area contributed by atoms with Crippen LogP contribution in [0.4, 0.5) is 0 Å². The van der Waals surface area contributed by atoms with Crippen molar-refractivity contribution < 1.29 is 20.3 Å². The van der Waals surface area contributed by atoms with E-state index >= 15 is 0 Å². The van der Waals surface area contributed by atoms with Gasteiger partial charge in [0, 0.05) is 6.42 Å². The van der Waals surface area contributed by atoms with Crippen molar-refractivity contribution in [3.63, 3.8) is 0 Å². The molecule has 0 bridgehead atoms. The van der Waals surface area contributed by atoms with Crippen LogP contribution in [0.1, 0.15) is 18.1 Å². The molecule has 0 heterocycles. The van der Waals surface area contributed by atoms with Crippen LogP contribution in [0.15, 0.2) is 30.3 Å². The van der Waals surface area contributed by atoms with Gasteiger partial charge in [-0.2, -0.15) is 0 Å². The van der Waals surface area contributed by atoms with Gasteiger partial charge < -0.3 is 20.3 Å². The number of carbonyl (C=O) groups is 1. The summed E-state index contributed by atoms with van der Waals surface area (Å²) in [6.07, 6.45) is 0.0151. The molecular formula is C11H15NO3. The van der Waals surface area contributed by atoms with E-state index in [2.05, 4.69) is 0 Å². The quantitative estimate of drug-likeness (QED) is 0.555. The maximum absolute atomic E-state index is 10.1. The Morgan fingerprint density at radius 3 is 2.67 bits per heavy atom. The molecule has 1 aromatic carbocycles. The topological polar surface area (TPSA) is 77.0 Å². The first-order valence-electron chi connectivity index (χ1n) is 4.94. The zero-order valence-electron chi connectivity index (χ0n) is 8.43. The summed E-state index contributed by atoms with van der Waals surface area (Å²) in [5, 5.41) is 21.4. The number of carboxylic acid groups (broad SMARTS) is 1. The van der Waals surface area contributed by atoms with Crippen molar-refractivity contribution in [2.24, 2.45) is 0 Å². The van der Waals surface area contributed by atoms with Gasteiger partial charge in [-0.25, -0.2) is 0 Å². The molecule has 4 nitrogen and oxygen atoms in total. The molecule has 0 aliphatic carbocycles. The fourth-order valence-corrected chi connectivity index (χ4v) is 1.34. The second kappa shape index (κ2) is 6.16. The van der Waals surface area contributed by atoms with Crippen molar-refractivity contribution in [3.8, 4) is 0 Å². The SMILES string of the molecule is O=C([O-])C[NH2+]CC[C@H](O)c1ccccc1. The van der Waals surface area contributed by atoms with Crippen molar-refractivity contribution in [2.45, 2.75) is 12.5 Å². The molecule has 1 rings (SSSR count). The van der Waals surface area contributed by atoms with Crippen LogP contribution in [-0.2, 0) is 4.79 Å². The average molecular weight is 209 g/mol. The third kappa shape index (κ3) is 4.58. The summed E-state index contributed by atoms with van der Waals surface area (Å²) in [5.41, 5.74) is 0.861. The van der Waals surface area contributed by atoms with E-state index in [-0.39, 0.29) is 6.54 Å². The lowest BCUT2D eigenvalue weighted by Gasteiger charge is -2.09. The molecule has 0 aliphatic heterocycles. The van der Waals surface area contributed by atoms with Gasteiger partial charge in [-0.05, 0) is 5.56 Å². The molecule has 0 radical (unpaired) electrons. The molecule has 0 aromatic heterocycles. The fourth-order valence-electron chi connectivity index (χ4n) is 1.34. The molecule has 82 valence electrons. The van der Waals surface area contributed by atoms with Gasteiger partial charge in [0.15, 0.2) is 0 Å². The van der Waals surface area contributed by atoms with E-state index in [0.29, 0.717) is 13.0 Å². The Labute approximate surface area is 88.6 Å². The number of rotatable bonds is 6. The summed E-state index contributed by atoms with van der Waals surface area (Å²) < 4.78 is 0. The van der Waals surface area contributed by atoms with Crippen LogP contribution >= 0.6 is 0 Å². The fraction of sp³-hybridized carbons (Fsp3) is 0.364. The summed E-state index contributed by atoms with van der Waals surface area (Å²) in [7, 11) is 0. The average Bonchev–Trinajstić information content (AvgIpc) is 2.25. The van der Waals surface area contributed by atoms with Crippen molar-refractivity contribution in [2.75, 3.05) is 13.1 Å². The maximum atomic E-state index is 10.1. The molecule has 0 amide bonds. The monoisotopic (exact) mass is 209 g/mol. The third-order valence-electron chi connectivity index (χ3n) is 2.14. The van der Waals surface area contributed by atoms with Crippen LogP contribution in [0.25, 0.3) is 0 Å². The first-order chi connectivity index (χ1) is 7.20. The van der Waals surface area contributed by atoms with Crippen molar-refractivity contribution in [1.82, 2.24) is 0 Å². The first-order valence-corrected chi connectivity index (χ1v) is 4.94. The number of aliphatic hydroxyl groups is 1. The number of hydrogen-bond donors (Lipinski definition) is 2. The highest BCUT2D eigenvalue weighted by Crippen LogP contribution is 2.13. The van der Waals surface area contributed by atoms with E-state index < -0.39 is 12.1 Å². The second-order valence-electron chi connectivity index (χ2n) is 3.37. The molecule has 0 aliphatic rings. The van der Waals surface area contributed by atoms with Gasteiger partial charge in [0.2, 0.25) is 0 Å². The van der Waals surface area contributed by atoms with Crippen LogP contribution in [0.5, 0.6) is 0 Å². The molecule has 0 saturated heterocycles. The van der Waals surface area contributed by atoms with Gasteiger partial charge in [0.1, 0.15) is 6.54 Å². The number of aliphatic carboxylic acids is 1. The number of carboxylic acids is 1. The molecule has 0 unspecified atom stereocenters. The second-order valence-corrected chi connectivity index (χ2v) is 3.37. The number of quaternary nitrogens is 1. The first kappa shape index (κ1) is 11.7. The Bertz CT molecular complexity index is 300. The van der Waals surface area contributed by atoms with E-state index in [1.54, 1.807) is 5.32 Å². The molecule has 0 spiro atoms. The van der Waals surface area contributed by atoms with Crippen molar-refractivity contribution in [1.29, 1.82) is 0 Å². The minimum atomic E-state index is -1.08. The molecule has 4 heteroatoms. The van der Waals surface area contributed by atoms with Gasteiger partial charge in [0.05, 0.1) is 18.6 Å². The molecule has 1 aromatic rings. The molecule has 0 saturated carbocycles. The van der Waals surface area contributed by atoms with E-state index in [1.165, 1.54) is 0 Å². The molecule has 3 N–H and O–H groups in total. The maximum Gasteiger partial charge on any atom is 0.116 e. The van der Waals surface area contributed by atoms with E-state index in [0.717, 1.165) is 5.56 Å². The van der Waals surface area contributed by atoms with Crippen LogP contribution in [-0.4, -0.2) is 24.2 Å². The van der Waals surface area contributed by atoms with Crippen LogP contribution in [0.3, 0.4) is 0 Å². The number of benzene rings is 1. The Morgan fingerprint density at radius 1 is 1.40 bits per heavy atom. The van der Waals surface area contributed by atoms with Crippen LogP contribution < -0.4 is 10.4 Å². The smallest absolute Gasteiger partial charge is 0.116 e.